The zero-order valence-electron chi connectivity index (χ0n) is 15.4. The Labute approximate surface area is 170 Å². The van der Waals surface area contributed by atoms with Crippen molar-refractivity contribution >= 4 is 28.6 Å². The van der Waals surface area contributed by atoms with E-state index in [1.165, 1.54) is 20.8 Å². The van der Waals surface area contributed by atoms with E-state index >= 15 is 0 Å². The van der Waals surface area contributed by atoms with E-state index < -0.39 is 0 Å². The molecule has 0 aromatic heterocycles. The van der Waals surface area contributed by atoms with Gasteiger partial charge in [0.1, 0.15) is 6.61 Å². The van der Waals surface area contributed by atoms with E-state index in [-0.39, 0.29) is 12.0 Å². The second kappa shape index (κ2) is 10.5. The second-order valence-corrected chi connectivity index (χ2v) is 7.91. The molecule has 0 aliphatic carbocycles. The highest BCUT2D eigenvalue weighted by Crippen LogP contribution is 2.20. The SMILES string of the molecule is C=CC(=O)OC[C@H](C(C)C)N(Cc1ccccc1)Cc1ccc(I)cc1. The molecule has 0 aliphatic heterocycles. The minimum absolute atomic E-state index is 0.124. The van der Waals surface area contributed by atoms with Crippen LogP contribution in [0.1, 0.15) is 25.0 Å². The number of rotatable bonds is 9. The molecule has 0 saturated carbocycles. The van der Waals surface area contributed by atoms with Crippen LogP contribution in [0.5, 0.6) is 0 Å². The maximum absolute atomic E-state index is 11.6. The molecule has 0 saturated heterocycles. The van der Waals surface area contributed by atoms with Crippen molar-refractivity contribution in [2.24, 2.45) is 5.92 Å². The molecular formula is C22H26INO2. The van der Waals surface area contributed by atoms with Gasteiger partial charge in [-0.3, -0.25) is 4.90 Å². The van der Waals surface area contributed by atoms with E-state index in [0.717, 1.165) is 13.1 Å². The molecule has 2 rings (SSSR count). The third kappa shape index (κ3) is 6.57. The van der Waals surface area contributed by atoms with Crippen molar-refractivity contribution in [3.63, 3.8) is 0 Å². The number of halogens is 1. The fourth-order valence-corrected chi connectivity index (χ4v) is 3.24. The lowest BCUT2D eigenvalue weighted by Crippen LogP contribution is -2.42. The van der Waals surface area contributed by atoms with Crippen molar-refractivity contribution in [3.05, 3.63) is 81.9 Å². The lowest BCUT2D eigenvalue weighted by molar-refractivity contribution is -0.140. The number of nitrogens with zero attached hydrogens (tertiary/aromatic N) is 1. The molecular weight excluding hydrogens is 437 g/mol. The fraction of sp³-hybridized carbons (Fsp3) is 0.318. The van der Waals surface area contributed by atoms with E-state index in [9.17, 15) is 4.79 Å². The summed E-state index contributed by atoms with van der Waals surface area (Å²) in [4.78, 5) is 13.9. The summed E-state index contributed by atoms with van der Waals surface area (Å²) in [7, 11) is 0. The minimum atomic E-state index is -0.371. The second-order valence-electron chi connectivity index (χ2n) is 6.66. The summed E-state index contributed by atoms with van der Waals surface area (Å²) < 4.78 is 6.61. The maximum Gasteiger partial charge on any atom is 0.330 e. The van der Waals surface area contributed by atoms with Gasteiger partial charge < -0.3 is 4.74 Å². The lowest BCUT2D eigenvalue weighted by Gasteiger charge is -2.34. The number of hydrogen-bond acceptors (Lipinski definition) is 3. The van der Waals surface area contributed by atoms with Crippen LogP contribution in [-0.4, -0.2) is 23.5 Å². The Bertz CT molecular complexity index is 698. The van der Waals surface area contributed by atoms with Gasteiger partial charge in [0.2, 0.25) is 0 Å². The molecule has 0 amide bonds. The molecule has 4 heteroatoms. The molecule has 0 unspecified atom stereocenters. The summed E-state index contributed by atoms with van der Waals surface area (Å²) in [5.41, 5.74) is 2.50. The summed E-state index contributed by atoms with van der Waals surface area (Å²) in [6.45, 7) is 9.79. The Kier molecular flexibility index (Phi) is 8.32. The molecule has 1 atom stereocenters. The van der Waals surface area contributed by atoms with Crippen LogP contribution in [0, 0.1) is 9.49 Å². The number of ether oxygens (including phenoxy) is 1. The van der Waals surface area contributed by atoms with Gasteiger partial charge in [-0.2, -0.15) is 0 Å². The minimum Gasteiger partial charge on any atom is -0.461 e. The van der Waals surface area contributed by atoms with Crippen LogP contribution >= 0.6 is 22.6 Å². The average molecular weight is 463 g/mol. The first-order valence-corrected chi connectivity index (χ1v) is 9.89. The Hall–Kier alpha value is -1.66. The molecule has 2 aromatic carbocycles. The smallest absolute Gasteiger partial charge is 0.330 e. The molecule has 0 aliphatic rings. The maximum atomic E-state index is 11.6. The Morgan fingerprint density at radius 3 is 2.19 bits per heavy atom. The van der Waals surface area contributed by atoms with Crippen LogP contribution in [0.3, 0.4) is 0 Å². The van der Waals surface area contributed by atoms with Gasteiger partial charge >= 0.3 is 5.97 Å². The summed E-state index contributed by atoms with van der Waals surface area (Å²) in [6, 6.07) is 19.1. The van der Waals surface area contributed by atoms with E-state index in [4.69, 9.17) is 4.74 Å². The van der Waals surface area contributed by atoms with Crippen LogP contribution in [0.25, 0.3) is 0 Å². The quantitative estimate of drug-likeness (QED) is 0.296. The topological polar surface area (TPSA) is 29.5 Å². The highest BCUT2D eigenvalue weighted by Gasteiger charge is 2.24. The van der Waals surface area contributed by atoms with E-state index in [2.05, 4.69) is 96.4 Å². The van der Waals surface area contributed by atoms with Crippen LogP contribution in [0.4, 0.5) is 0 Å². The number of esters is 1. The number of carbonyl (C=O) groups is 1. The lowest BCUT2D eigenvalue weighted by atomic mass is 10.0. The van der Waals surface area contributed by atoms with Gasteiger partial charge in [0.25, 0.3) is 0 Å². The highest BCUT2D eigenvalue weighted by atomic mass is 127. The van der Waals surface area contributed by atoms with Gasteiger partial charge in [-0.05, 0) is 51.8 Å². The summed E-state index contributed by atoms with van der Waals surface area (Å²) >= 11 is 2.32. The van der Waals surface area contributed by atoms with Crippen LogP contribution < -0.4 is 0 Å². The van der Waals surface area contributed by atoms with Crippen molar-refractivity contribution < 1.29 is 9.53 Å². The van der Waals surface area contributed by atoms with E-state index in [1.54, 1.807) is 0 Å². The van der Waals surface area contributed by atoms with Crippen LogP contribution in [0.2, 0.25) is 0 Å². The predicted octanol–water partition coefficient (Wildman–Crippen LogP) is 5.05. The first kappa shape index (κ1) is 20.6. The van der Waals surface area contributed by atoms with Crippen LogP contribution in [-0.2, 0) is 22.6 Å². The third-order valence-corrected chi connectivity index (χ3v) is 5.05. The molecule has 138 valence electrons. The molecule has 0 spiro atoms. The molecule has 3 nitrogen and oxygen atoms in total. The van der Waals surface area contributed by atoms with Crippen molar-refractivity contribution in [1.82, 2.24) is 4.90 Å². The van der Waals surface area contributed by atoms with E-state index in [0.29, 0.717) is 12.5 Å². The molecule has 0 N–H and O–H groups in total. The van der Waals surface area contributed by atoms with Crippen molar-refractivity contribution in [1.29, 1.82) is 0 Å². The summed E-state index contributed by atoms with van der Waals surface area (Å²) in [5, 5.41) is 0. The Balaban J connectivity index is 2.21. The third-order valence-electron chi connectivity index (χ3n) is 4.33. The van der Waals surface area contributed by atoms with Gasteiger partial charge in [-0.15, -0.1) is 0 Å². The van der Waals surface area contributed by atoms with Gasteiger partial charge in [0.15, 0.2) is 0 Å². The number of benzene rings is 2. The molecule has 0 radical (unpaired) electrons. The summed E-state index contributed by atoms with van der Waals surface area (Å²) in [5.74, 6) is -0.0234. The van der Waals surface area contributed by atoms with E-state index in [1.807, 2.05) is 6.07 Å². The van der Waals surface area contributed by atoms with Crippen molar-refractivity contribution in [3.8, 4) is 0 Å². The molecule has 2 aromatic rings. The first-order chi connectivity index (χ1) is 12.5. The number of hydrogen-bond donors (Lipinski definition) is 0. The molecule has 0 heterocycles. The predicted molar refractivity (Wildman–Crippen MR) is 115 cm³/mol. The fourth-order valence-electron chi connectivity index (χ4n) is 2.88. The molecule has 0 fully saturated rings. The normalized spacial score (nSPS) is 12.2. The first-order valence-electron chi connectivity index (χ1n) is 8.81. The largest absolute Gasteiger partial charge is 0.461 e. The zero-order valence-corrected chi connectivity index (χ0v) is 17.6. The highest BCUT2D eigenvalue weighted by molar-refractivity contribution is 14.1. The standard InChI is InChI=1S/C22H26INO2/c1-4-22(25)26-16-21(17(2)3)24(14-18-8-6-5-7-9-18)15-19-10-12-20(23)13-11-19/h4-13,17,21H,1,14-16H2,2-3H3/t21-/m1/s1. The van der Waals surface area contributed by atoms with Crippen LogP contribution in [0.15, 0.2) is 67.3 Å². The molecule has 0 bridgehead atoms. The van der Waals surface area contributed by atoms with Gasteiger partial charge in [0, 0.05) is 28.8 Å². The average Bonchev–Trinajstić information content (AvgIpc) is 2.64. The van der Waals surface area contributed by atoms with Crippen molar-refractivity contribution in [2.75, 3.05) is 6.61 Å². The van der Waals surface area contributed by atoms with Gasteiger partial charge in [-0.1, -0.05) is 62.9 Å². The summed E-state index contributed by atoms with van der Waals surface area (Å²) in [6.07, 6.45) is 1.22. The number of carbonyl (C=O) groups excluding carboxylic acids is 1. The van der Waals surface area contributed by atoms with Gasteiger partial charge in [0.05, 0.1) is 0 Å². The Morgan fingerprint density at radius 1 is 1.08 bits per heavy atom. The Morgan fingerprint density at radius 2 is 1.65 bits per heavy atom. The zero-order chi connectivity index (χ0) is 18.9. The monoisotopic (exact) mass is 463 g/mol. The molecule has 26 heavy (non-hydrogen) atoms. The van der Waals surface area contributed by atoms with Crippen molar-refractivity contribution in [2.45, 2.75) is 33.0 Å². The van der Waals surface area contributed by atoms with Gasteiger partial charge in [-0.25, -0.2) is 4.79 Å².